The zero-order chi connectivity index (χ0) is 26.9. The van der Waals surface area contributed by atoms with Gasteiger partial charge in [0.05, 0.1) is 19.8 Å². The van der Waals surface area contributed by atoms with Crippen molar-refractivity contribution in [1.82, 2.24) is 16.0 Å². The molecule has 9 N–H and O–H groups in total. The summed E-state index contributed by atoms with van der Waals surface area (Å²) in [6.45, 7) is 4.41. The van der Waals surface area contributed by atoms with Crippen molar-refractivity contribution >= 4 is 29.4 Å². The molecule has 0 radical (unpaired) electrons. The summed E-state index contributed by atoms with van der Waals surface area (Å²) in [5.74, 6) is -1.62. The Morgan fingerprint density at radius 2 is 1.80 bits per heavy atom. The number of hydrogen-bond donors (Lipinski definition) is 7. The molecule has 196 valence electrons. The third kappa shape index (κ3) is 12.2. The molecule has 0 fully saturated rings. The van der Waals surface area contributed by atoms with E-state index in [2.05, 4.69) is 27.0 Å². The van der Waals surface area contributed by atoms with Gasteiger partial charge in [-0.3, -0.25) is 14.4 Å². The minimum atomic E-state index is -0.941. The van der Waals surface area contributed by atoms with Gasteiger partial charge in [0.25, 0.3) is 0 Å². The van der Waals surface area contributed by atoms with Crippen LogP contribution in [0, 0.1) is 5.92 Å². The maximum absolute atomic E-state index is 13.0. The van der Waals surface area contributed by atoms with Gasteiger partial charge in [0.2, 0.25) is 17.7 Å². The third-order valence-electron chi connectivity index (χ3n) is 4.99. The summed E-state index contributed by atoms with van der Waals surface area (Å²) in [6, 6.07) is 4.09. The molecule has 0 aliphatic carbocycles. The molecule has 12 nitrogen and oxygen atoms in total. The van der Waals surface area contributed by atoms with Crippen molar-refractivity contribution in [3.8, 4) is 0 Å². The minimum Gasteiger partial charge on any atom is -0.392 e. The van der Waals surface area contributed by atoms with Crippen LogP contribution in [0.5, 0.6) is 0 Å². The molecule has 2 atom stereocenters. The van der Waals surface area contributed by atoms with E-state index in [1.807, 2.05) is 0 Å². The molecule has 1 aromatic carbocycles. The van der Waals surface area contributed by atoms with E-state index >= 15 is 0 Å². The fourth-order valence-electron chi connectivity index (χ4n) is 3.09. The van der Waals surface area contributed by atoms with E-state index in [0.717, 1.165) is 0 Å². The largest absolute Gasteiger partial charge is 0.392 e. The maximum atomic E-state index is 13.0. The molecule has 1 rings (SSSR count). The minimum absolute atomic E-state index is 0.0427. The lowest BCUT2D eigenvalue weighted by molar-refractivity contribution is -0.132. The number of ether oxygens (including phenoxy) is 1. The van der Waals surface area contributed by atoms with E-state index in [-0.39, 0.29) is 51.0 Å². The number of urea groups is 1. The number of aliphatic hydroxyl groups excluding tert-OH is 1. The SMILES string of the molecule is [3H]NCCOCCC(=O)N[C@H](C(=O)N[C@@H](CCCNC(N)=O)C(=O)Nc1ccc(CO)cc1)C(C)C. The Kier molecular flexibility index (Phi) is 13.1. The van der Waals surface area contributed by atoms with Crippen LogP contribution in [0.3, 0.4) is 0 Å². The molecule has 0 aliphatic heterocycles. The van der Waals surface area contributed by atoms with E-state index in [4.69, 9.17) is 11.9 Å². The highest BCUT2D eigenvalue weighted by Gasteiger charge is 2.28. The molecule has 12 heteroatoms. The first kappa shape index (κ1) is 28.0. The number of carbonyl (C=O) groups is 4. The lowest BCUT2D eigenvalue weighted by atomic mass is 10.0. The summed E-state index contributed by atoms with van der Waals surface area (Å²) in [7, 11) is 0. The number of carbonyl (C=O) groups excluding carboxylic acids is 4. The predicted octanol–water partition coefficient (Wildman–Crippen LogP) is -0.443. The first-order valence-electron chi connectivity index (χ1n) is 12.0. The second-order valence-electron chi connectivity index (χ2n) is 8.24. The van der Waals surface area contributed by atoms with Crippen molar-refractivity contribution in [2.75, 3.05) is 31.6 Å². The standard InChI is InChI=1S/C23H38N6O6/c1-15(2)20(29-19(31)9-12-35-13-10-24)22(33)28-18(4-3-11-26-23(25)34)21(32)27-17-7-5-16(14-30)6-8-17/h5-8,15,18,20,30H,3-4,9-14,24H2,1-2H3,(H,27,32)(H,28,33)(H,29,31)(H3,25,26,34)/t18-,20-/m0/s1/i/hT. The fraction of sp³-hybridized carbons (Fsp3) is 0.565. The molecule has 5 amide bonds. The Labute approximate surface area is 207 Å². The number of nitrogens with one attached hydrogen (secondary N) is 4. The Hall–Kier alpha value is -3.22. The highest BCUT2D eigenvalue weighted by Crippen LogP contribution is 2.12. The summed E-state index contributed by atoms with van der Waals surface area (Å²) in [5.41, 5.74) is 8.44. The van der Waals surface area contributed by atoms with E-state index in [1.165, 1.54) is 0 Å². The monoisotopic (exact) mass is 496 g/mol. The van der Waals surface area contributed by atoms with Crippen LogP contribution in [0.4, 0.5) is 10.5 Å². The van der Waals surface area contributed by atoms with Gasteiger partial charge in [0.1, 0.15) is 13.5 Å². The van der Waals surface area contributed by atoms with Crippen LogP contribution in [0.15, 0.2) is 24.3 Å². The summed E-state index contributed by atoms with van der Waals surface area (Å²) in [4.78, 5) is 49.2. The number of hydrogen-bond acceptors (Lipinski definition) is 7. The normalized spacial score (nSPS) is 12.9. The third-order valence-corrected chi connectivity index (χ3v) is 4.99. The highest BCUT2D eigenvalue weighted by atomic mass is 16.5. The zero-order valence-electron chi connectivity index (χ0n) is 21.3. The number of aliphatic hydroxyl groups is 1. The number of amides is 5. The topological polar surface area (TPSA) is 198 Å². The van der Waals surface area contributed by atoms with Gasteiger partial charge in [-0.1, -0.05) is 26.0 Å². The lowest BCUT2D eigenvalue weighted by Crippen LogP contribution is -2.54. The summed E-state index contributed by atoms with van der Waals surface area (Å²) >= 11 is 0. The lowest BCUT2D eigenvalue weighted by Gasteiger charge is -2.25. The van der Waals surface area contributed by atoms with Gasteiger partial charge in [0.15, 0.2) is 0 Å². The average molecular weight is 497 g/mol. The van der Waals surface area contributed by atoms with Crippen LogP contribution in [-0.2, 0) is 25.7 Å². The van der Waals surface area contributed by atoms with E-state index in [1.54, 1.807) is 38.1 Å². The molecule has 0 spiro atoms. The van der Waals surface area contributed by atoms with E-state index in [0.29, 0.717) is 24.2 Å². The molecular formula is C23H38N6O6. The number of benzene rings is 1. The quantitative estimate of drug-likeness (QED) is 0.142. The zero-order valence-corrected chi connectivity index (χ0v) is 20.3. The van der Waals surface area contributed by atoms with Gasteiger partial charge in [-0.05, 0) is 36.5 Å². The van der Waals surface area contributed by atoms with Gasteiger partial charge in [-0.25, -0.2) is 4.79 Å². The van der Waals surface area contributed by atoms with Crippen molar-refractivity contribution in [2.45, 2.75) is 51.8 Å². The Balaban J connectivity index is 2.81. The first-order valence-corrected chi connectivity index (χ1v) is 11.5. The molecule has 35 heavy (non-hydrogen) atoms. The number of nitrogens with two attached hydrogens (primary N) is 2. The van der Waals surface area contributed by atoms with E-state index < -0.39 is 29.9 Å². The molecule has 0 saturated carbocycles. The van der Waals surface area contributed by atoms with Crippen LogP contribution in [0.25, 0.3) is 0 Å². The van der Waals surface area contributed by atoms with Crippen molar-refractivity contribution in [2.24, 2.45) is 17.4 Å². The molecule has 0 saturated heterocycles. The van der Waals surface area contributed by atoms with Crippen LogP contribution in [0.1, 0.15) is 38.7 Å². The average Bonchev–Trinajstić information content (AvgIpc) is 2.84. The summed E-state index contributed by atoms with van der Waals surface area (Å²) in [6.07, 6.45) is 0.623. The van der Waals surface area contributed by atoms with Gasteiger partial charge in [-0.2, -0.15) is 0 Å². The number of anilines is 1. The molecule has 1 aromatic rings. The van der Waals surface area contributed by atoms with Crippen molar-refractivity contribution in [3.05, 3.63) is 29.8 Å². The Bertz CT molecular complexity index is 839. The summed E-state index contributed by atoms with van der Waals surface area (Å²) in [5, 5.41) is 19.7. The molecule has 0 unspecified atom stereocenters. The second kappa shape index (κ2) is 16.4. The summed E-state index contributed by atoms with van der Waals surface area (Å²) < 4.78 is 12.1. The van der Waals surface area contributed by atoms with E-state index in [9.17, 15) is 24.3 Å². The van der Waals surface area contributed by atoms with Crippen LogP contribution < -0.4 is 32.7 Å². The Morgan fingerprint density at radius 1 is 1.09 bits per heavy atom. The highest BCUT2D eigenvalue weighted by molar-refractivity contribution is 5.98. The number of rotatable bonds is 17. The van der Waals surface area contributed by atoms with Gasteiger partial charge in [0, 0.05) is 25.2 Å². The molecule has 0 bridgehead atoms. The van der Waals surface area contributed by atoms with Crippen LogP contribution in [0.2, 0.25) is 1.41 Å². The molecule has 0 heterocycles. The number of primary amides is 1. The van der Waals surface area contributed by atoms with Gasteiger partial charge >= 0.3 is 6.03 Å². The molecule has 0 aromatic heterocycles. The van der Waals surface area contributed by atoms with Gasteiger partial charge < -0.3 is 42.6 Å². The van der Waals surface area contributed by atoms with Crippen LogP contribution >= 0.6 is 0 Å². The second-order valence-corrected chi connectivity index (χ2v) is 8.24. The van der Waals surface area contributed by atoms with Crippen molar-refractivity contribution < 1.29 is 30.4 Å². The smallest absolute Gasteiger partial charge is 0.312 e. The molecule has 0 aliphatic rings. The van der Waals surface area contributed by atoms with Crippen molar-refractivity contribution in [1.29, 1.82) is 0 Å². The first-order chi connectivity index (χ1) is 17.2. The van der Waals surface area contributed by atoms with Crippen molar-refractivity contribution in [3.63, 3.8) is 0 Å². The molecular weight excluding hydrogens is 456 g/mol. The van der Waals surface area contributed by atoms with Crippen LogP contribution in [-0.4, -0.2) is 67.2 Å². The fourth-order valence-corrected chi connectivity index (χ4v) is 3.09. The predicted molar refractivity (Wildman–Crippen MR) is 131 cm³/mol. The van der Waals surface area contributed by atoms with Gasteiger partial charge in [-0.15, -0.1) is 0 Å². The maximum Gasteiger partial charge on any atom is 0.312 e. The Morgan fingerprint density at radius 3 is 2.40 bits per heavy atom.